The number of hydrogen-bond acceptors (Lipinski definition) is 4. The van der Waals surface area contributed by atoms with E-state index in [2.05, 4.69) is 39.9 Å². The van der Waals surface area contributed by atoms with Crippen LogP contribution in [0.2, 0.25) is 0 Å². The van der Waals surface area contributed by atoms with Crippen molar-refractivity contribution in [3.8, 4) is 0 Å². The van der Waals surface area contributed by atoms with Gasteiger partial charge >= 0.3 is 0 Å². The van der Waals surface area contributed by atoms with E-state index in [0.717, 1.165) is 57.7 Å². The molecule has 0 bridgehead atoms. The van der Waals surface area contributed by atoms with Crippen molar-refractivity contribution in [2.24, 2.45) is 10.4 Å². The van der Waals surface area contributed by atoms with E-state index in [1.54, 1.807) is 11.9 Å². The van der Waals surface area contributed by atoms with Crippen LogP contribution in [0.3, 0.4) is 0 Å². The molecule has 0 radical (unpaired) electrons. The Morgan fingerprint density at radius 3 is 2.53 bits per heavy atom. The number of hydrogen-bond donors (Lipinski definition) is 2. The lowest BCUT2D eigenvalue weighted by Gasteiger charge is -2.31. The smallest absolute Gasteiger partial charge is 0.230 e. The molecule has 1 amide bonds. The predicted molar refractivity (Wildman–Crippen MR) is 138 cm³/mol. The molecule has 1 saturated heterocycles. The second-order valence-electron chi connectivity index (χ2n) is 8.91. The molecule has 1 aliphatic carbocycles. The molecule has 1 aromatic rings. The van der Waals surface area contributed by atoms with Crippen molar-refractivity contribution < 1.29 is 14.3 Å². The van der Waals surface area contributed by atoms with Gasteiger partial charge in [0.1, 0.15) is 0 Å². The molecule has 8 heteroatoms. The molecule has 0 spiro atoms. The van der Waals surface area contributed by atoms with E-state index in [1.807, 2.05) is 14.1 Å². The summed E-state index contributed by atoms with van der Waals surface area (Å²) in [6, 6.07) is 8.45. The quantitative estimate of drug-likeness (QED) is 0.291. The third-order valence-corrected chi connectivity index (χ3v) is 6.34. The zero-order valence-corrected chi connectivity index (χ0v) is 22.0. The van der Waals surface area contributed by atoms with Crippen molar-refractivity contribution in [2.45, 2.75) is 57.8 Å². The minimum Gasteiger partial charge on any atom is -0.381 e. The van der Waals surface area contributed by atoms with Crippen LogP contribution in [0.25, 0.3) is 0 Å². The van der Waals surface area contributed by atoms with E-state index in [4.69, 9.17) is 9.47 Å². The Kier molecular flexibility index (Phi) is 11.2. The molecule has 0 atom stereocenters. The Hall–Kier alpha value is -1.39. The number of amides is 1. The summed E-state index contributed by atoms with van der Waals surface area (Å²) in [5.74, 6) is 0.937. The standard InChI is InChI=1S/C24H38N4O3.HI/c1-25-23(27-18-24(11-4-5-12-24)22(29)28(2)3)26-16-19-7-6-8-20(15-19)17-31-21-9-13-30-14-10-21;/h6-8,15,21H,4-5,9-14,16-18H2,1-3H3,(H2,25,26,27);1H. The molecule has 1 aromatic carbocycles. The highest BCUT2D eigenvalue weighted by molar-refractivity contribution is 14.0. The minimum absolute atomic E-state index is 0. The number of halogens is 1. The van der Waals surface area contributed by atoms with Crippen LogP contribution in [-0.4, -0.2) is 63.8 Å². The van der Waals surface area contributed by atoms with Crippen molar-refractivity contribution in [3.63, 3.8) is 0 Å². The van der Waals surface area contributed by atoms with Crippen LogP contribution in [0.15, 0.2) is 29.3 Å². The number of nitrogens with one attached hydrogen (secondary N) is 2. The number of guanidine groups is 1. The highest BCUT2D eigenvalue weighted by atomic mass is 127. The summed E-state index contributed by atoms with van der Waals surface area (Å²) in [4.78, 5) is 18.8. The molecule has 1 aliphatic heterocycles. The molecule has 3 rings (SSSR count). The summed E-state index contributed by atoms with van der Waals surface area (Å²) in [6.45, 7) is 3.49. The first-order chi connectivity index (χ1) is 15.0. The maximum Gasteiger partial charge on any atom is 0.230 e. The first-order valence-corrected chi connectivity index (χ1v) is 11.5. The van der Waals surface area contributed by atoms with Crippen molar-refractivity contribution >= 4 is 35.8 Å². The number of benzene rings is 1. The van der Waals surface area contributed by atoms with Gasteiger partial charge in [-0.25, -0.2) is 0 Å². The maximum absolute atomic E-state index is 12.8. The van der Waals surface area contributed by atoms with E-state index in [0.29, 0.717) is 25.8 Å². The van der Waals surface area contributed by atoms with Gasteiger partial charge in [-0.2, -0.15) is 0 Å². The second-order valence-corrected chi connectivity index (χ2v) is 8.91. The molecule has 0 aromatic heterocycles. The molecular weight excluding hydrogens is 519 g/mol. The Bertz CT molecular complexity index is 745. The van der Waals surface area contributed by atoms with Crippen LogP contribution < -0.4 is 10.6 Å². The highest BCUT2D eigenvalue weighted by Crippen LogP contribution is 2.38. The summed E-state index contributed by atoms with van der Waals surface area (Å²) in [6.07, 6.45) is 6.33. The molecule has 7 nitrogen and oxygen atoms in total. The van der Waals surface area contributed by atoms with Crippen LogP contribution >= 0.6 is 24.0 Å². The Labute approximate surface area is 209 Å². The molecule has 0 unspecified atom stereocenters. The third kappa shape index (κ3) is 7.59. The van der Waals surface area contributed by atoms with E-state index >= 15 is 0 Å². The zero-order valence-electron chi connectivity index (χ0n) is 19.7. The molecule has 1 heterocycles. The van der Waals surface area contributed by atoms with Crippen molar-refractivity contribution in [3.05, 3.63) is 35.4 Å². The van der Waals surface area contributed by atoms with Crippen LogP contribution in [0.1, 0.15) is 49.7 Å². The van der Waals surface area contributed by atoms with E-state index < -0.39 is 0 Å². The van der Waals surface area contributed by atoms with Crippen LogP contribution in [0.4, 0.5) is 0 Å². The summed E-state index contributed by atoms with van der Waals surface area (Å²) in [5.41, 5.74) is 2.04. The molecule has 2 N–H and O–H groups in total. The minimum atomic E-state index is -0.317. The monoisotopic (exact) mass is 558 g/mol. The molecule has 2 fully saturated rings. The van der Waals surface area contributed by atoms with Gasteiger partial charge in [0, 0.05) is 47.4 Å². The van der Waals surface area contributed by atoms with E-state index in [1.165, 1.54) is 11.1 Å². The number of ether oxygens (including phenoxy) is 2. The zero-order chi connectivity index (χ0) is 22.1. The van der Waals surface area contributed by atoms with Crippen LogP contribution in [0, 0.1) is 5.41 Å². The van der Waals surface area contributed by atoms with E-state index in [-0.39, 0.29) is 35.3 Å². The van der Waals surface area contributed by atoms with Gasteiger partial charge in [0.05, 0.1) is 18.1 Å². The SMILES string of the molecule is CN=C(NCc1cccc(COC2CCOCC2)c1)NCC1(C(=O)N(C)C)CCCC1.I. The summed E-state index contributed by atoms with van der Waals surface area (Å²) in [7, 11) is 5.45. The van der Waals surface area contributed by atoms with Crippen molar-refractivity contribution in [1.29, 1.82) is 0 Å². The molecule has 32 heavy (non-hydrogen) atoms. The number of aliphatic imine (C=N–C) groups is 1. The fourth-order valence-electron chi connectivity index (χ4n) is 4.54. The normalized spacial score (nSPS) is 18.7. The lowest BCUT2D eigenvalue weighted by molar-refractivity contribution is -0.138. The molecule has 1 saturated carbocycles. The Morgan fingerprint density at radius 1 is 1.19 bits per heavy atom. The Balaban J connectivity index is 0.00000363. The summed E-state index contributed by atoms with van der Waals surface area (Å²) < 4.78 is 11.4. The van der Waals surface area contributed by atoms with Gasteiger partial charge in [-0.1, -0.05) is 37.1 Å². The topological polar surface area (TPSA) is 75.2 Å². The Morgan fingerprint density at radius 2 is 1.88 bits per heavy atom. The van der Waals surface area contributed by atoms with E-state index in [9.17, 15) is 4.79 Å². The van der Waals surface area contributed by atoms with Gasteiger partial charge in [-0.05, 0) is 36.8 Å². The summed E-state index contributed by atoms with van der Waals surface area (Å²) >= 11 is 0. The van der Waals surface area contributed by atoms with Gasteiger partial charge in [0.2, 0.25) is 5.91 Å². The van der Waals surface area contributed by atoms with Crippen molar-refractivity contribution in [2.75, 3.05) is 40.9 Å². The van der Waals surface area contributed by atoms with Crippen molar-refractivity contribution in [1.82, 2.24) is 15.5 Å². The number of carbonyl (C=O) groups is 1. The highest BCUT2D eigenvalue weighted by Gasteiger charge is 2.42. The number of carbonyl (C=O) groups excluding carboxylic acids is 1. The lowest BCUT2D eigenvalue weighted by Crippen LogP contribution is -2.49. The number of nitrogens with zero attached hydrogens (tertiary/aromatic N) is 2. The van der Waals surface area contributed by atoms with Crippen LogP contribution in [0.5, 0.6) is 0 Å². The van der Waals surface area contributed by atoms with Gasteiger partial charge < -0.3 is 25.0 Å². The van der Waals surface area contributed by atoms with Gasteiger partial charge in [0.25, 0.3) is 0 Å². The largest absolute Gasteiger partial charge is 0.381 e. The summed E-state index contributed by atoms with van der Waals surface area (Å²) in [5, 5.41) is 6.78. The molecular formula is C24H39IN4O3. The van der Waals surface area contributed by atoms with Gasteiger partial charge in [-0.15, -0.1) is 24.0 Å². The molecule has 2 aliphatic rings. The average Bonchev–Trinajstić information content (AvgIpc) is 3.28. The first kappa shape index (κ1) is 26.9. The predicted octanol–water partition coefficient (Wildman–Crippen LogP) is 3.31. The van der Waals surface area contributed by atoms with Gasteiger partial charge in [0.15, 0.2) is 5.96 Å². The van der Waals surface area contributed by atoms with Crippen LogP contribution in [-0.2, 0) is 27.4 Å². The second kappa shape index (κ2) is 13.3. The first-order valence-electron chi connectivity index (χ1n) is 11.5. The van der Waals surface area contributed by atoms with Gasteiger partial charge in [-0.3, -0.25) is 9.79 Å². The third-order valence-electron chi connectivity index (χ3n) is 6.34. The maximum atomic E-state index is 12.8. The fourth-order valence-corrected chi connectivity index (χ4v) is 4.54. The lowest BCUT2D eigenvalue weighted by atomic mass is 9.84. The number of rotatable bonds is 8. The fraction of sp³-hybridized carbons (Fsp3) is 0.667. The molecule has 180 valence electrons. The average molecular weight is 559 g/mol.